The van der Waals surface area contributed by atoms with Crippen molar-refractivity contribution in [3.63, 3.8) is 0 Å². The smallest absolute Gasteiger partial charge is 0.246 e. The monoisotopic (exact) mass is 356 g/mol. The van der Waals surface area contributed by atoms with E-state index in [2.05, 4.69) is 22.5 Å². The number of rotatable bonds is 9. The maximum Gasteiger partial charge on any atom is 0.246 e. The topological polar surface area (TPSA) is 111 Å². The first-order valence-electron chi connectivity index (χ1n) is 9.03. The van der Waals surface area contributed by atoms with Crippen LogP contribution in [0.5, 0.6) is 0 Å². The molecule has 0 bridgehead atoms. The zero-order valence-electron chi connectivity index (χ0n) is 15.7. The lowest BCUT2D eigenvalue weighted by Gasteiger charge is -2.41. The molecule has 0 aromatic carbocycles. The number of hydroxylamine groups is 1. The van der Waals surface area contributed by atoms with Crippen LogP contribution in [0.2, 0.25) is 0 Å². The fourth-order valence-corrected chi connectivity index (χ4v) is 2.96. The number of likely N-dealkylation sites (tertiary alicyclic amines) is 1. The van der Waals surface area contributed by atoms with Gasteiger partial charge in [0.1, 0.15) is 11.6 Å². The highest BCUT2D eigenvalue weighted by Crippen LogP contribution is 2.23. The largest absolute Gasteiger partial charge is 0.347 e. The van der Waals surface area contributed by atoms with E-state index < -0.39 is 17.5 Å². The maximum absolute atomic E-state index is 12.8. The number of carbonyl (C=O) groups is 3. The lowest BCUT2D eigenvalue weighted by Crippen LogP contribution is -2.66. The zero-order chi connectivity index (χ0) is 19.0. The lowest BCUT2D eigenvalue weighted by molar-refractivity contribution is -0.139. The first kappa shape index (κ1) is 21.5. The Kier molecular flexibility index (Phi) is 8.47. The maximum atomic E-state index is 12.8. The van der Waals surface area contributed by atoms with Crippen LogP contribution in [0, 0.1) is 5.92 Å². The van der Waals surface area contributed by atoms with E-state index >= 15 is 0 Å². The first-order chi connectivity index (χ1) is 11.8. The van der Waals surface area contributed by atoms with Gasteiger partial charge in [0.2, 0.25) is 11.8 Å². The molecule has 1 heterocycles. The summed E-state index contributed by atoms with van der Waals surface area (Å²) in [6.07, 6.45) is 1.29. The van der Waals surface area contributed by atoms with Crippen molar-refractivity contribution in [3.8, 4) is 0 Å². The molecule has 2 amide bonds. The molecule has 1 aliphatic rings. The molecule has 0 radical (unpaired) electrons. The van der Waals surface area contributed by atoms with E-state index in [4.69, 9.17) is 0 Å². The van der Waals surface area contributed by atoms with Crippen LogP contribution in [0.4, 0.5) is 0 Å². The number of carbonyl (C=O) groups excluding carboxylic acids is 3. The van der Waals surface area contributed by atoms with E-state index in [1.165, 1.54) is 0 Å². The molecule has 4 N–H and O–H groups in total. The average Bonchev–Trinajstić information content (AvgIpc) is 2.60. The summed E-state index contributed by atoms with van der Waals surface area (Å²) in [5, 5.41) is 14.7. The van der Waals surface area contributed by atoms with Gasteiger partial charge >= 0.3 is 0 Å². The van der Waals surface area contributed by atoms with Gasteiger partial charge in [-0.05, 0) is 25.3 Å². The second-order valence-electron chi connectivity index (χ2n) is 6.93. The molecule has 1 saturated heterocycles. The quantitative estimate of drug-likeness (QED) is 0.435. The van der Waals surface area contributed by atoms with Crippen LogP contribution in [0.15, 0.2) is 0 Å². The fraction of sp³-hybridized carbons (Fsp3) is 0.824. The van der Waals surface area contributed by atoms with Gasteiger partial charge in [-0.1, -0.05) is 27.7 Å². The number of nitrogens with one attached hydrogen (secondary N) is 3. The standard InChI is InChI=1S/C17H32N4O4/c1-5-13(22)11-18-16(24)17(7-9-21(6-2)10-8-17)19-15(23)14(20-25)12(3)4/h12,14,20,25H,5-11H2,1-4H3,(H,18,24)(H,19,23)/t14-/m0/s1. The molecule has 1 atom stereocenters. The van der Waals surface area contributed by atoms with Crippen molar-refractivity contribution in [3.05, 3.63) is 0 Å². The van der Waals surface area contributed by atoms with Crippen LogP contribution in [0.3, 0.4) is 0 Å². The van der Waals surface area contributed by atoms with Crippen molar-refractivity contribution in [2.45, 2.75) is 58.5 Å². The van der Waals surface area contributed by atoms with Gasteiger partial charge in [0.25, 0.3) is 0 Å². The van der Waals surface area contributed by atoms with Crippen LogP contribution < -0.4 is 16.1 Å². The van der Waals surface area contributed by atoms with E-state index in [0.29, 0.717) is 32.4 Å². The second kappa shape index (κ2) is 9.84. The number of nitrogens with zero attached hydrogens (tertiary/aromatic N) is 1. The van der Waals surface area contributed by atoms with Gasteiger partial charge in [0.15, 0.2) is 5.78 Å². The molecule has 0 aliphatic carbocycles. The Labute approximate surface area is 149 Å². The summed E-state index contributed by atoms with van der Waals surface area (Å²) in [6.45, 7) is 9.63. The van der Waals surface area contributed by atoms with Crippen molar-refractivity contribution < 1.29 is 19.6 Å². The molecule has 8 nitrogen and oxygen atoms in total. The number of amides is 2. The third-order valence-electron chi connectivity index (χ3n) is 4.88. The highest BCUT2D eigenvalue weighted by atomic mass is 16.5. The van der Waals surface area contributed by atoms with Crippen LogP contribution in [0.1, 0.15) is 47.0 Å². The molecule has 0 aromatic rings. The first-order valence-corrected chi connectivity index (χ1v) is 9.03. The van der Waals surface area contributed by atoms with E-state index in [-0.39, 0.29) is 24.2 Å². The summed E-state index contributed by atoms with van der Waals surface area (Å²) >= 11 is 0. The van der Waals surface area contributed by atoms with Crippen LogP contribution in [-0.2, 0) is 14.4 Å². The predicted molar refractivity (Wildman–Crippen MR) is 94.1 cm³/mol. The number of hydrogen-bond acceptors (Lipinski definition) is 6. The number of hydrogen-bond donors (Lipinski definition) is 4. The summed E-state index contributed by atoms with van der Waals surface area (Å²) in [7, 11) is 0. The molecule has 1 fully saturated rings. The minimum Gasteiger partial charge on any atom is -0.347 e. The van der Waals surface area contributed by atoms with Gasteiger partial charge in [0.05, 0.1) is 6.54 Å². The minimum atomic E-state index is -1.05. The van der Waals surface area contributed by atoms with E-state index in [1.54, 1.807) is 20.8 Å². The van der Waals surface area contributed by atoms with Crippen molar-refractivity contribution in [2.24, 2.45) is 5.92 Å². The third kappa shape index (κ3) is 5.76. The Morgan fingerprint density at radius 2 is 1.76 bits per heavy atom. The van der Waals surface area contributed by atoms with Crippen molar-refractivity contribution >= 4 is 17.6 Å². The Morgan fingerprint density at radius 1 is 1.16 bits per heavy atom. The molecule has 8 heteroatoms. The molecule has 1 aliphatic heterocycles. The van der Waals surface area contributed by atoms with E-state index in [0.717, 1.165) is 6.54 Å². The zero-order valence-corrected chi connectivity index (χ0v) is 15.7. The third-order valence-corrected chi connectivity index (χ3v) is 4.88. The number of piperidine rings is 1. The highest BCUT2D eigenvalue weighted by molar-refractivity contribution is 5.95. The molecular weight excluding hydrogens is 324 g/mol. The summed E-state index contributed by atoms with van der Waals surface area (Å²) in [5.41, 5.74) is 0.963. The molecular formula is C17H32N4O4. The van der Waals surface area contributed by atoms with E-state index in [9.17, 15) is 19.6 Å². The summed E-state index contributed by atoms with van der Waals surface area (Å²) in [5.74, 6) is -0.946. The lowest BCUT2D eigenvalue weighted by atomic mass is 9.85. The second-order valence-corrected chi connectivity index (χ2v) is 6.93. The molecule has 0 saturated carbocycles. The Balaban J connectivity index is 2.90. The molecule has 0 unspecified atom stereocenters. The summed E-state index contributed by atoms with van der Waals surface area (Å²) in [4.78, 5) is 39.0. The minimum absolute atomic E-state index is 0.0314. The van der Waals surface area contributed by atoms with Gasteiger partial charge in [-0.3, -0.25) is 14.4 Å². The Morgan fingerprint density at radius 3 is 2.20 bits per heavy atom. The van der Waals surface area contributed by atoms with Gasteiger partial charge < -0.3 is 20.7 Å². The Hall–Kier alpha value is -1.51. The number of Topliss-reactive ketones (excluding diaryl/α,β-unsaturated/α-hetero) is 1. The highest BCUT2D eigenvalue weighted by Gasteiger charge is 2.43. The summed E-state index contributed by atoms with van der Waals surface area (Å²) < 4.78 is 0. The molecule has 1 rings (SSSR count). The average molecular weight is 356 g/mol. The van der Waals surface area contributed by atoms with Crippen molar-refractivity contribution in [1.82, 2.24) is 21.0 Å². The SMILES string of the molecule is CCC(=O)CNC(=O)C1(NC(=O)[C@@H](NO)C(C)C)CCN(CC)CC1. The molecule has 25 heavy (non-hydrogen) atoms. The van der Waals surface area contributed by atoms with Crippen molar-refractivity contribution in [2.75, 3.05) is 26.2 Å². The van der Waals surface area contributed by atoms with Gasteiger partial charge in [-0.15, -0.1) is 0 Å². The van der Waals surface area contributed by atoms with E-state index in [1.807, 2.05) is 5.48 Å². The molecule has 0 spiro atoms. The number of ketones is 1. The van der Waals surface area contributed by atoms with Crippen LogP contribution in [-0.4, -0.2) is 65.5 Å². The fourth-order valence-electron chi connectivity index (χ4n) is 2.96. The van der Waals surface area contributed by atoms with Gasteiger partial charge in [0, 0.05) is 19.5 Å². The van der Waals surface area contributed by atoms with Gasteiger partial charge in [-0.2, -0.15) is 5.48 Å². The molecule has 144 valence electrons. The van der Waals surface area contributed by atoms with Crippen molar-refractivity contribution in [1.29, 1.82) is 0 Å². The van der Waals surface area contributed by atoms with Crippen LogP contribution >= 0.6 is 0 Å². The summed E-state index contributed by atoms with van der Waals surface area (Å²) in [6, 6.07) is -0.800. The van der Waals surface area contributed by atoms with Gasteiger partial charge in [-0.25, -0.2) is 0 Å². The Bertz CT molecular complexity index is 473. The normalized spacial score (nSPS) is 18.6. The molecule has 0 aromatic heterocycles. The van der Waals surface area contributed by atoms with Crippen LogP contribution in [0.25, 0.3) is 0 Å². The predicted octanol–water partition coefficient (Wildman–Crippen LogP) is 0.0558.